The Bertz CT molecular complexity index is 631. The molecule has 124 valence electrons. The van der Waals surface area contributed by atoms with Gasteiger partial charge in [-0.2, -0.15) is 17.5 Å². The molecule has 0 saturated carbocycles. The Labute approximate surface area is 128 Å². The fourth-order valence-corrected chi connectivity index (χ4v) is 4.52. The van der Waals surface area contributed by atoms with Crippen LogP contribution in [0.15, 0.2) is 24.3 Å². The van der Waals surface area contributed by atoms with Crippen LogP contribution in [0.2, 0.25) is 0 Å². The van der Waals surface area contributed by atoms with E-state index >= 15 is 0 Å². The summed E-state index contributed by atoms with van der Waals surface area (Å²) in [7, 11) is -3.66. The summed E-state index contributed by atoms with van der Waals surface area (Å²) in [5, 5.41) is 0. The molecule has 1 aliphatic rings. The lowest BCUT2D eigenvalue weighted by molar-refractivity contribution is -0.137. The van der Waals surface area contributed by atoms with E-state index in [-0.39, 0.29) is 17.6 Å². The van der Waals surface area contributed by atoms with Crippen LogP contribution < -0.4 is 5.73 Å². The molecule has 2 N–H and O–H groups in total. The van der Waals surface area contributed by atoms with Gasteiger partial charge in [0.05, 0.1) is 11.3 Å². The average molecular weight is 336 g/mol. The van der Waals surface area contributed by atoms with Crippen LogP contribution >= 0.6 is 0 Å². The molecule has 1 fully saturated rings. The summed E-state index contributed by atoms with van der Waals surface area (Å²) in [4.78, 5) is 0. The van der Waals surface area contributed by atoms with Crippen molar-refractivity contribution in [1.29, 1.82) is 0 Å². The van der Waals surface area contributed by atoms with Gasteiger partial charge in [-0.1, -0.05) is 18.2 Å². The Balaban J connectivity index is 2.19. The highest BCUT2D eigenvalue weighted by atomic mass is 32.2. The minimum Gasteiger partial charge on any atom is -0.328 e. The van der Waals surface area contributed by atoms with Gasteiger partial charge in [-0.05, 0) is 31.4 Å². The largest absolute Gasteiger partial charge is 0.416 e. The zero-order chi connectivity index (χ0) is 16.5. The van der Waals surface area contributed by atoms with Gasteiger partial charge >= 0.3 is 6.18 Å². The molecule has 1 aromatic rings. The molecule has 22 heavy (non-hydrogen) atoms. The van der Waals surface area contributed by atoms with Crippen molar-refractivity contribution in [3.05, 3.63) is 35.4 Å². The summed E-state index contributed by atoms with van der Waals surface area (Å²) in [6, 6.07) is 4.17. The maximum absolute atomic E-state index is 12.7. The highest BCUT2D eigenvalue weighted by molar-refractivity contribution is 7.88. The van der Waals surface area contributed by atoms with Crippen LogP contribution in [0, 0.1) is 0 Å². The Morgan fingerprint density at radius 1 is 1.36 bits per heavy atom. The first-order valence-electron chi connectivity index (χ1n) is 7.01. The van der Waals surface area contributed by atoms with Crippen LogP contribution in [0.1, 0.15) is 30.9 Å². The fraction of sp³-hybridized carbons (Fsp3) is 0.571. The molecule has 0 radical (unpaired) electrons. The number of sulfonamides is 1. The number of hydrogen-bond acceptors (Lipinski definition) is 3. The molecule has 1 saturated heterocycles. The molecule has 0 spiro atoms. The van der Waals surface area contributed by atoms with E-state index in [2.05, 4.69) is 0 Å². The minimum atomic E-state index is -4.48. The second-order valence-electron chi connectivity index (χ2n) is 5.70. The smallest absolute Gasteiger partial charge is 0.328 e. The van der Waals surface area contributed by atoms with Crippen molar-refractivity contribution in [2.45, 2.75) is 43.8 Å². The van der Waals surface area contributed by atoms with Gasteiger partial charge in [0.1, 0.15) is 0 Å². The third-order valence-electron chi connectivity index (χ3n) is 3.82. The summed E-state index contributed by atoms with van der Waals surface area (Å²) < 4.78 is 64.3. The van der Waals surface area contributed by atoms with Crippen molar-refractivity contribution in [1.82, 2.24) is 4.31 Å². The van der Waals surface area contributed by atoms with Crippen molar-refractivity contribution in [2.24, 2.45) is 5.73 Å². The maximum atomic E-state index is 12.7. The average Bonchev–Trinajstić information content (AvgIpc) is 2.36. The molecule has 1 heterocycles. The van der Waals surface area contributed by atoms with Gasteiger partial charge in [0.15, 0.2) is 0 Å². The van der Waals surface area contributed by atoms with E-state index < -0.39 is 27.5 Å². The van der Waals surface area contributed by atoms with Crippen LogP contribution in [0.5, 0.6) is 0 Å². The molecule has 0 bridgehead atoms. The number of piperidine rings is 1. The Hall–Kier alpha value is -1.12. The van der Waals surface area contributed by atoms with Crippen molar-refractivity contribution < 1.29 is 21.6 Å². The summed E-state index contributed by atoms with van der Waals surface area (Å²) in [5.41, 5.74) is 5.10. The van der Waals surface area contributed by atoms with Crippen molar-refractivity contribution >= 4 is 10.0 Å². The lowest BCUT2D eigenvalue weighted by atomic mass is 10.0. The minimum absolute atomic E-state index is 0.0324. The van der Waals surface area contributed by atoms with E-state index in [9.17, 15) is 21.6 Å². The predicted octanol–water partition coefficient (Wildman–Crippen LogP) is 2.35. The highest BCUT2D eigenvalue weighted by Crippen LogP contribution is 2.30. The summed E-state index contributed by atoms with van der Waals surface area (Å²) >= 11 is 0. The zero-order valence-corrected chi connectivity index (χ0v) is 13.0. The molecule has 2 rings (SSSR count). The van der Waals surface area contributed by atoms with Gasteiger partial charge in [0, 0.05) is 18.6 Å². The van der Waals surface area contributed by atoms with Gasteiger partial charge < -0.3 is 5.73 Å². The van der Waals surface area contributed by atoms with E-state index in [4.69, 9.17) is 5.73 Å². The normalized spacial score (nSPS) is 24.4. The van der Waals surface area contributed by atoms with E-state index in [1.807, 2.05) is 0 Å². The van der Waals surface area contributed by atoms with Crippen molar-refractivity contribution in [3.63, 3.8) is 0 Å². The Morgan fingerprint density at radius 3 is 2.64 bits per heavy atom. The summed E-state index contributed by atoms with van der Waals surface area (Å²) in [6.45, 7) is 2.08. The topological polar surface area (TPSA) is 63.4 Å². The lowest BCUT2D eigenvalue weighted by Gasteiger charge is -2.35. The number of benzene rings is 1. The van der Waals surface area contributed by atoms with Gasteiger partial charge in [-0.25, -0.2) is 8.42 Å². The molecule has 4 nitrogen and oxygen atoms in total. The lowest BCUT2D eigenvalue weighted by Crippen LogP contribution is -2.48. The molecule has 8 heteroatoms. The molecule has 0 amide bonds. The van der Waals surface area contributed by atoms with Gasteiger partial charge in [-0.3, -0.25) is 0 Å². The molecular weight excluding hydrogens is 317 g/mol. The third kappa shape index (κ3) is 3.99. The first-order chi connectivity index (χ1) is 10.1. The van der Waals surface area contributed by atoms with E-state index in [1.165, 1.54) is 16.4 Å². The summed E-state index contributed by atoms with van der Waals surface area (Å²) in [5.74, 6) is -0.434. The molecule has 1 aromatic carbocycles. The number of nitrogens with two attached hydrogens (primary N) is 1. The van der Waals surface area contributed by atoms with Crippen LogP contribution in [-0.2, 0) is 22.0 Å². The second-order valence-corrected chi connectivity index (χ2v) is 7.62. The highest BCUT2D eigenvalue weighted by Gasteiger charge is 2.34. The molecular formula is C14H19F3N2O2S. The first-order valence-corrected chi connectivity index (χ1v) is 8.62. The van der Waals surface area contributed by atoms with Crippen molar-refractivity contribution in [2.75, 3.05) is 6.54 Å². The van der Waals surface area contributed by atoms with E-state index in [0.717, 1.165) is 12.1 Å². The second kappa shape index (κ2) is 6.17. The summed E-state index contributed by atoms with van der Waals surface area (Å²) in [6.07, 6.45) is -3.36. The first kappa shape index (κ1) is 17.2. The molecule has 0 aromatic heterocycles. The number of hydrogen-bond donors (Lipinski definition) is 1. The molecule has 0 aliphatic carbocycles. The number of alkyl halides is 3. The van der Waals surface area contributed by atoms with E-state index in [1.54, 1.807) is 6.92 Å². The SMILES string of the molecule is CC1CC(N)CCN1S(=O)(=O)Cc1cccc(C(F)(F)F)c1. The Morgan fingerprint density at radius 2 is 2.05 bits per heavy atom. The standard InChI is InChI=1S/C14H19F3N2O2S/c1-10-7-13(18)5-6-19(10)22(20,21)9-11-3-2-4-12(8-11)14(15,16)17/h2-4,8,10,13H,5-7,9,18H2,1H3. The quantitative estimate of drug-likeness (QED) is 0.921. The van der Waals surface area contributed by atoms with Crippen LogP contribution in [-0.4, -0.2) is 31.4 Å². The van der Waals surface area contributed by atoms with E-state index in [0.29, 0.717) is 19.4 Å². The van der Waals surface area contributed by atoms with Crippen LogP contribution in [0.3, 0.4) is 0 Å². The molecule has 2 unspecified atom stereocenters. The number of halogens is 3. The monoisotopic (exact) mass is 336 g/mol. The van der Waals surface area contributed by atoms with Gasteiger partial charge in [0.25, 0.3) is 0 Å². The maximum Gasteiger partial charge on any atom is 0.416 e. The number of nitrogens with zero attached hydrogens (tertiary/aromatic N) is 1. The fourth-order valence-electron chi connectivity index (χ4n) is 2.73. The molecule has 2 atom stereocenters. The number of rotatable bonds is 3. The third-order valence-corrected chi connectivity index (χ3v) is 5.77. The van der Waals surface area contributed by atoms with Gasteiger partial charge in [0.2, 0.25) is 10.0 Å². The van der Waals surface area contributed by atoms with Crippen LogP contribution in [0.25, 0.3) is 0 Å². The Kier molecular flexibility index (Phi) is 4.84. The van der Waals surface area contributed by atoms with Gasteiger partial charge in [-0.15, -0.1) is 0 Å². The van der Waals surface area contributed by atoms with Crippen LogP contribution in [0.4, 0.5) is 13.2 Å². The molecule has 1 aliphatic heterocycles. The predicted molar refractivity (Wildman–Crippen MR) is 77.4 cm³/mol. The van der Waals surface area contributed by atoms with Crippen molar-refractivity contribution in [3.8, 4) is 0 Å². The zero-order valence-electron chi connectivity index (χ0n) is 12.2.